The summed E-state index contributed by atoms with van der Waals surface area (Å²) in [6.07, 6.45) is 0. The van der Waals surface area contributed by atoms with E-state index in [1.165, 1.54) is 0 Å². The van der Waals surface area contributed by atoms with Gasteiger partial charge in [0.2, 0.25) is 0 Å². The molecule has 0 N–H and O–H groups in total. The van der Waals surface area contributed by atoms with E-state index in [9.17, 15) is 8.42 Å². The summed E-state index contributed by atoms with van der Waals surface area (Å²) in [4.78, 5) is 0.305. The number of hydrogen-bond donors (Lipinski definition) is 0. The van der Waals surface area contributed by atoms with Gasteiger partial charge in [-0.15, -0.1) is 15.5 Å². The average molecular weight is 318 g/mol. The summed E-state index contributed by atoms with van der Waals surface area (Å²) in [6, 6.07) is 6.90. The zero-order valence-corrected chi connectivity index (χ0v) is 13.9. The van der Waals surface area contributed by atoms with Crippen molar-refractivity contribution in [3.8, 4) is 0 Å². The van der Waals surface area contributed by atoms with Crippen LogP contribution in [0.1, 0.15) is 19.4 Å². The minimum Gasteiger partial charge on any atom is -0.199 e. The van der Waals surface area contributed by atoms with E-state index in [0.29, 0.717) is 4.90 Å². The highest BCUT2D eigenvalue weighted by Gasteiger charge is 2.26. The number of rotatable bonds is 2. The molecule has 1 fully saturated rings. The first-order chi connectivity index (χ1) is 8.78. The van der Waals surface area contributed by atoms with Gasteiger partial charge in [0, 0.05) is 11.5 Å². The molecule has 1 aromatic rings. The van der Waals surface area contributed by atoms with Crippen molar-refractivity contribution in [2.75, 3.05) is 16.6 Å². The fourth-order valence-electron chi connectivity index (χ4n) is 1.89. The van der Waals surface area contributed by atoms with Crippen LogP contribution in [0.25, 0.3) is 0 Å². The fourth-order valence-corrected chi connectivity index (χ4v) is 7.82. The van der Waals surface area contributed by atoms with Crippen LogP contribution >= 0.6 is 11.8 Å². The fraction of sp³-hybridized carbons (Fsp3) is 0.538. The molecule has 1 atom stereocenters. The largest absolute Gasteiger partial charge is 0.287 e. The molecule has 0 saturated carbocycles. The Morgan fingerprint density at radius 2 is 1.89 bits per heavy atom. The number of aryl methyl sites for hydroxylation is 1. The SMILES string of the molecule is Cc1ccc(S(=O)(=O)N=S2CSCC(C)(C)C2)cc1. The maximum absolute atomic E-state index is 12.3. The maximum Gasteiger partial charge on any atom is 0.287 e. The standard InChI is InChI=1S/C13H19NO2S3/c1-11-4-6-12(7-5-11)19(15,16)14-18-9-13(2,3)8-17-10-18/h4-7H,8-10H2,1-3H3. The van der Waals surface area contributed by atoms with E-state index in [1.807, 2.05) is 19.1 Å². The smallest absolute Gasteiger partial charge is 0.199 e. The Kier molecular flexibility index (Phi) is 4.42. The molecule has 0 aliphatic carbocycles. The van der Waals surface area contributed by atoms with Crippen molar-refractivity contribution in [2.24, 2.45) is 9.18 Å². The van der Waals surface area contributed by atoms with Crippen LogP contribution in [0.5, 0.6) is 0 Å². The van der Waals surface area contributed by atoms with Crippen LogP contribution in [-0.2, 0) is 20.7 Å². The Labute approximate surface area is 122 Å². The van der Waals surface area contributed by atoms with E-state index in [4.69, 9.17) is 0 Å². The molecule has 2 rings (SSSR count). The van der Waals surface area contributed by atoms with Gasteiger partial charge in [0.05, 0.1) is 9.98 Å². The molecule has 1 aromatic carbocycles. The molecule has 1 heterocycles. The van der Waals surface area contributed by atoms with E-state index in [0.717, 1.165) is 22.2 Å². The molecule has 0 aromatic heterocycles. The molecular formula is C13H19NO2S3. The van der Waals surface area contributed by atoms with Crippen molar-refractivity contribution in [1.82, 2.24) is 0 Å². The summed E-state index contributed by atoms with van der Waals surface area (Å²) in [6.45, 7) is 6.29. The third-order valence-electron chi connectivity index (χ3n) is 2.79. The topological polar surface area (TPSA) is 46.5 Å². The molecule has 1 aliphatic heterocycles. The van der Waals surface area contributed by atoms with Gasteiger partial charge in [-0.2, -0.15) is 8.42 Å². The lowest BCUT2D eigenvalue weighted by molar-refractivity contribution is 0.489. The van der Waals surface area contributed by atoms with Gasteiger partial charge < -0.3 is 0 Å². The zero-order chi connectivity index (χ0) is 14.1. The van der Waals surface area contributed by atoms with E-state index in [1.54, 1.807) is 23.9 Å². The van der Waals surface area contributed by atoms with Crippen molar-refractivity contribution in [1.29, 1.82) is 0 Å². The monoisotopic (exact) mass is 317 g/mol. The van der Waals surface area contributed by atoms with Crippen LogP contribution in [-0.4, -0.2) is 25.0 Å². The minimum atomic E-state index is -3.50. The van der Waals surface area contributed by atoms with Crippen LogP contribution in [0.4, 0.5) is 0 Å². The van der Waals surface area contributed by atoms with Crippen LogP contribution in [0.15, 0.2) is 32.9 Å². The van der Waals surface area contributed by atoms with Crippen molar-refractivity contribution in [2.45, 2.75) is 25.7 Å². The van der Waals surface area contributed by atoms with Crippen LogP contribution in [0.2, 0.25) is 0 Å². The number of thioether (sulfide) groups is 1. The number of nitrogens with zero attached hydrogens (tertiary/aromatic N) is 1. The molecule has 1 unspecified atom stereocenters. The Hall–Kier alpha value is -0.330. The van der Waals surface area contributed by atoms with Gasteiger partial charge in [-0.05, 0) is 24.5 Å². The summed E-state index contributed by atoms with van der Waals surface area (Å²) in [5, 5.41) is 0.828. The predicted octanol–water partition coefficient (Wildman–Crippen LogP) is 3.22. The molecule has 19 heavy (non-hydrogen) atoms. The van der Waals surface area contributed by atoms with Gasteiger partial charge in [-0.1, -0.05) is 42.2 Å². The lowest BCUT2D eigenvalue weighted by atomic mass is 10.0. The van der Waals surface area contributed by atoms with Crippen molar-refractivity contribution < 1.29 is 8.42 Å². The van der Waals surface area contributed by atoms with Gasteiger partial charge in [0.1, 0.15) is 0 Å². The Bertz CT molecular complexity index is 589. The first kappa shape index (κ1) is 15.1. The molecule has 106 valence electrons. The summed E-state index contributed by atoms with van der Waals surface area (Å²) in [5.41, 5.74) is 1.23. The quantitative estimate of drug-likeness (QED) is 0.841. The summed E-state index contributed by atoms with van der Waals surface area (Å²) in [7, 11) is -3.89. The van der Waals surface area contributed by atoms with E-state index in [-0.39, 0.29) is 16.1 Å². The molecule has 1 aliphatic rings. The molecule has 6 heteroatoms. The minimum absolute atomic E-state index is 0.179. The van der Waals surface area contributed by atoms with E-state index >= 15 is 0 Å². The van der Waals surface area contributed by atoms with Crippen LogP contribution in [0.3, 0.4) is 0 Å². The highest BCUT2D eigenvalue weighted by atomic mass is 32.3. The summed E-state index contributed by atoms with van der Waals surface area (Å²) in [5.74, 6) is 1.95. The molecular weight excluding hydrogens is 298 g/mol. The Morgan fingerprint density at radius 1 is 1.26 bits per heavy atom. The Morgan fingerprint density at radius 3 is 2.47 bits per heavy atom. The second kappa shape index (κ2) is 5.58. The van der Waals surface area contributed by atoms with E-state index in [2.05, 4.69) is 17.6 Å². The first-order valence-electron chi connectivity index (χ1n) is 6.09. The van der Waals surface area contributed by atoms with Crippen molar-refractivity contribution >= 4 is 32.5 Å². The van der Waals surface area contributed by atoms with Gasteiger partial charge in [-0.25, -0.2) is 0 Å². The third-order valence-corrected chi connectivity index (χ3v) is 9.14. The molecule has 0 spiro atoms. The molecule has 3 nitrogen and oxygen atoms in total. The highest BCUT2D eigenvalue weighted by molar-refractivity contribution is 8.13. The van der Waals surface area contributed by atoms with Gasteiger partial charge in [-0.3, -0.25) is 0 Å². The lowest BCUT2D eigenvalue weighted by Gasteiger charge is -2.30. The van der Waals surface area contributed by atoms with Gasteiger partial charge >= 0.3 is 0 Å². The van der Waals surface area contributed by atoms with Gasteiger partial charge in [0.25, 0.3) is 10.0 Å². The Balaban J connectivity index is 2.28. The average Bonchev–Trinajstić information content (AvgIpc) is 2.27. The summed E-state index contributed by atoms with van der Waals surface area (Å²) >= 11 is 1.80. The van der Waals surface area contributed by atoms with Crippen molar-refractivity contribution in [3.05, 3.63) is 29.8 Å². The van der Waals surface area contributed by atoms with Crippen molar-refractivity contribution in [3.63, 3.8) is 0 Å². The highest BCUT2D eigenvalue weighted by Crippen LogP contribution is 2.31. The molecule has 0 radical (unpaired) electrons. The zero-order valence-electron chi connectivity index (χ0n) is 11.4. The predicted molar refractivity (Wildman–Crippen MR) is 84.1 cm³/mol. The normalized spacial score (nSPS) is 23.4. The molecule has 0 amide bonds. The van der Waals surface area contributed by atoms with E-state index < -0.39 is 10.0 Å². The number of hydrogen-bond acceptors (Lipinski definition) is 3. The number of benzene rings is 1. The number of sulfonamides is 1. The first-order valence-corrected chi connectivity index (χ1v) is 10.2. The molecule has 0 bridgehead atoms. The second-order valence-corrected chi connectivity index (χ2v) is 10.5. The maximum atomic E-state index is 12.3. The van der Waals surface area contributed by atoms with Gasteiger partial charge in [0.15, 0.2) is 0 Å². The van der Waals surface area contributed by atoms with Crippen LogP contribution < -0.4 is 0 Å². The third kappa shape index (κ3) is 4.07. The molecule has 1 saturated heterocycles. The second-order valence-electron chi connectivity index (χ2n) is 5.60. The lowest BCUT2D eigenvalue weighted by Crippen LogP contribution is -2.29. The van der Waals surface area contributed by atoms with Crippen LogP contribution in [0, 0.1) is 12.3 Å². The summed E-state index contributed by atoms with van der Waals surface area (Å²) < 4.78 is 28.7.